The summed E-state index contributed by atoms with van der Waals surface area (Å²) in [7, 11) is 1.72. The van der Waals surface area contributed by atoms with Crippen LogP contribution in [0.1, 0.15) is 26.7 Å². The third-order valence-corrected chi connectivity index (χ3v) is 3.80. The third kappa shape index (κ3) is 4.55. The fourth-order valence-electron chi connectivity index (χ4n) is 2.25. The molecular weight excluding hydrogens is 230 g/mol. The van der Waals surface area contributed by atoms with E-state index in [1.54, 1.807) is 7.11 Å². The number of methoxy groups -OCH3 is 1. The van der Waals surface area contributed by atoms with Crippen LogP contribution in [0.3, 0.4) is 0 Å². The second kappa shape index (κ2) is 7.71. The van der Waals surface area contributed by atoms with Crippen molar-refractivity contribution in [3.8, 4) is 0 Å². The molecule has 0 aliphatic carbocycles. The van der Waals surface area contributed by atoms with Gasteiger partial charge in [-0.25, -0.2) is 0 Å². The summed E-state index contributed by atoms with van der Waals surface area (Å²) in [6.07, 6.45) is 2.35. The van der Waals surface area contributed by atoms with Crippen molar-refractivity contribution >= 4 is 5.91 Å². The van der Waals surface area contributed by atoms with Gasteiger partial charge in [0, 0.05) is 38.2 Å². The Hall–Kier alpha value is -0.650. The Morgan fingerprint density at radius 1 is 1.56 bits per heavy atom. The number of rotatable bonds is 7. The van der Waals surface area contributed by atoms with E-state index in [0.29, 0.717) is 6.04 Å². The first kappa shape index (κ1) is 15.4. The van der Waals surface area contributed by atoms with Crippen LogP contribution >= 0.6 is 0 Å². The van der Waals surface area contributed by atoms with Crippen LogP contribution in [0.4, 0.5) is 0 Å². The number of ether oxygens (including phenoxy) is 1. The van der Waals surface area contributed by atoms with Gasteiger partial charge in [0.05, 0.1) is 6.61 Å². The van der Waals surface area contributed by atoms with E-state index < -0.39 is 0 Å². The van der Waals surface area contributed by atoms with Gasteiger partial charge in [-0.05, 0) is 26.3 Å². The molecule has 5 nitrogen and oxygen atoms in total. The van der Waals surface area contributed by atoms with E-state index in [4.69, 9.17) is 10.5 Å². The number of hydrogen-bond acceptors (Lipinski definition) is 4. The van der Waals surface area contributed by atoms with Crippen molar-refractivity contribution in [1.82, 2.24) is 10.2 Å². The van der Waals surface area contributed by atoms with Crippen LogP contribution in [0.5, 0.6) is 0 Å². The van der Waals surface area contributed by atoms with Gasteiger partial charge < -0.3 is 15.8 Å². The minimum Gasteiger partial charge on any atom is -0.383 e. The van der Waals surface area contributed by atoms with E-state index in [1.165, 1.54) is 6.42 Å². The number of likely N-dealkylation sites (tertiary alicyclic amines) is 1. The molecule has 0 aromatic carbocycles. The molecule has 1 aliphatic rings. The van der Waals surface area contributed by atoms with E-state index >= 15 is 0 Å². The summed E-state index contributed by atoms with van der Waals surface area (Å²) in [6.45, 7) is 7.26. The molecule has 0 aromatic heterocycles. The Kier molecular flexibility index (Phi) is 6.60. The van der Waals surface area contributed by atoms with Crippen LogP contribution in [0.25, 0.3) is 0 Å². The van der Waals surface area contributed by atoms with Gasteiger partial charge in [0.1, 0.15) is 0 Å². The van der Waals surface area contributed by atoms with Crippen LogP contribution in [-0.2, 0) is 9.53 Å². The van der Waals surface area contributed by atoms with Crippen LogP contribution in [0, 0.1) is 5.92 Å². The minimum atomic E-state index is -0.126. The Morgan fingerprint density at radius 3 is 2.89 bits per heavy atom. The first-order valence-electron chi connectivity index (χ1n) is 6.82. The van der Waals surface area contributed by atoms with Crippen molar-refractivity contribution in [1.29, 1.82) is 0 Å². The molecule has 3 N–H and O–H groups in total. The second-order valence-electron chi connectivity index (χ2n) is 5.22. The maximum Gasteiger partial charge on any atom is 0.224 e. The predicted molar refractivity (Wildman–Crippen MR) is 72.3 cm³/mol. The van der Waals surface area contributed by atoms with E-state index in [2.05, 4.69) is 10.2 Å². The highest BCUT2D eigenvalue weighted by Crippen LogP contribution is 2.16. The maximum atomic E-state index is 11.8. The summed E-state index contributed by atoms with van der Waals surface area (Å²) in [5.74, 6) is -0.0672. The monoisotopic (exact) mass is 257 g/mol. The molecular formula is C13H27N3O2. The molecule has 1 rings (SSSR count). The summed E-state index contributed by atoms with van der Waals surface area (Å²) >= 11 is 0. The van der Waals surface area contributed by atoms with Crippen LogP contribution in [0.15, 0.2) is 0 Å². The van der Waals surface area contributed by atoms with Gasteiger partial charge in [-0.1, -0.05) is 6.92 Å². The van der Waals surface area contributed by atoms with Crippen LogP contribution < -0.4 is 11.1 Å². The molecule has 18 heavy (non-hydrogen) atoms. The average molecular weight is 257 g/mol. The SMILES string of the molecule is COCCN1CCCC1CNC(=O)C(C)C(C)N. The summed E-state index contributed by atoms with van der Waals surface area (Å²) in [6, 6.07) is 0.350. The lowest BCUT2D eigenvalue weighted by Gasteiger charge is -2.25. The van der Waals surface area contributed by atoms with Gasteiger partial charge in [0.2, 0.25) is 5.91 Å². The number of amides is 1. The lowest BCUT2D eigenvalue weighted by Crippen LogP contribution is -2.45. The molecule has 0 bridgehead atoms. The van der Waals surface area contributed by atoms with Crippen molar-refractivity contribution < 1.29 is 9.53 Å². The zero-order chi connectivity index (χ0) is 13.5. The maximum absolute atomic E-state index is 11.8. The van der Waals surface area contributed by atoms with Crippen molar-refractivity contribution in [2.75, 3.05) is 33.4 Å². The number of nitrogens with zero attached hydrogens (tertiary/aromatic N) is 1. The predicted octanol–water partition coefficient (Wildman–Crippen LogP) is 0.197. The number of carbonyl (C=O) groups is 1. The molecule has 0 saturated carbocycles. The first-order chi connectivity index (χ1) is 8.56. The largest absolute Gasteiger partial charge is 0.383 e. The molecule has 1 amide bonds. The lowest BCUT2D eigenvalue weighted by molar-refractivity contribution is -0.125. The lowest BCUT2D eigenvalue weighted by atomic mass is 10.0. The Labute approximate surface area is 110 Å². The van der Waals surface area contributed by atoms with Gasteiger partial charge in [-0.3, -0.25) is 9.69 Å². The summed E-state index contributed by atoms with van der Waals surface area (Å²) in [5, 5.41) is 3.01. The number of nitrogens with one attached hydrogen (secondary N) is 1. The molecule has 1 fully saturated rings. The van der Waals surface area contributed by atoms with Crippen LogP contribution in [0.2, 0.25) is 0 Å². The third-order valence-electron chi connectivity index (χ3n) is 3.80. The van der Waals surface area contributed by atoms with Crippen molar-refractivity contribution in [2.45, 2.75) is 38.8 Å². The van der Waals surface area contributed by atoms with Gasteiger partial charge >= 0.3 is 0 Å². The molecule has 5 heteroatoms. The Balaban J connectivity index is 2.31. The summed E-state index contributed by atoms with van der Waals surface area (Å²) in [5.41, 5.74) is 5.73. The standard InChI is InChI=1S/C13H27N3O2/c1-10(11(2)14)13(17)15-9-12-5-4-6-16(12)7-8-18-3/h10-12H,4-9,14H2,1-3H3,(H,15,17). The smallest absolute Gasteiger partial charge is 0.224 e. The van der Waals surface area contributed by atoms with E-state index in [-0.39, 0.29) is 17.9 Å². The van der Waals surface area contributed by atoms with Crippen molar-refractivity contribution in [3.05, 3.63) is 0 Å². The molecule has 0 radical (unpaired) electrons. The van der Waals surface area contributed by atoms with E-state index in [1.807, 2.05) is 13.8 Å². The number of carbonyl (C=O) groups excluding carboxylic acids is 1. The van der Waals surface area contributed by atoms with Crippen molar-refractivity contribution in [2.24, 2.45) is 11.7 Å². The highest BCUT2D eigenvalue weighted by atomic mass is 16.5. The topological polar surface area (TPSA) is 67.6 Å². The molecule has 3 atom stereocenters. The molecule has 0 aromatic rings. The molecule has 1 heterocycles. The minimum absolute atomic E-state index is 0.0589. The fourth-order valence-corrected chi connectivity index (χ4v) is 2.25. The first-order valence-corrected chi connectivity index (χ1v) is 6.82. The van der Waals surface area contributed by atoms with Gasteiger partial charge in [-0.2, -0.15) is 0 Å². The normalized spacial score (nSPS) is 23.9. The van der Waals surface area contributed by atoms with Crippen LogP contribution in [-0.4, -0.2) is 56.2 Å². The molecule has 0 spiro atoms. The van der Waals surface area contributed by atoms with Gasteiger partial charge in [0.25, 0.3) is 0 Å². The highest BCUT2D eigenvalue weighted by molar-refractivity contribution is 5.78. The van der Waals surface area contributed by atoms with Gasteiger partial charge in [-0.15, -0.1) is 0 Å². The summed E-state index contributed by atoms with van der Waals surface area (Å²) < 4.78 is 5.10. The quantitative estimate of drug-likeness (QED) is 0.683. The second-order valence-corrected chi connectivity index (χ2v) is 5.22. The zero-order valence-corrected chi connectivity index (χ0v) is 11.8. The van der Waals surface area contributed by atoms with E-state index in [9.17, 15) is 4.79 Å². The number of hydrogen-bond donors (Lipinski definition) is 2. The Morgan fingerprint density at radius 2 is 2.28 bits per heavy atom. The van der Waals surface area contributed by atoms with Gasteiger partial charge in [0.15, 0.2) is 0 Å². The number of nitrogens with two attached hydrogens (primary N) is 1. The molecule has 1 aliphatic heterocycles. The van der Waals surface area contributed by atoms with E-state index in [0.717, 1.165) is 32.7 Å². The molecule has 3 unspecified atom stereocenters. The molecule has 106 valence electrons. The fraction of sp³-hybridized carbons (Fsp3) is 0.923. The van der Waals surface area contributed by atoms with Crippen molar-refractivity contribution in [3.63, 3.8) is 0 Å². The Bertz CT molecular complexity index is 259. The highest BCUT2D eigenvalue weighted by Gasteiger charge is 2.25. The zero-order valence-electron chi connectivity index (χ0n) is 11.8. The average Bonchev–Trinajstić information content (AvgIpc) is 2.79. The molecule has 1 saturated heterocycles. The summed E-state index contributed by atoms with van der Waals surface area (Å²) in [4.78, 5) is 14.2.